The number of rotatable bonds is 5. The molecule has 130 valence electrons. The summed E-state index contributed by atoms with van der Waals surface area (Å²) in [6.07, 6.45) is 3.10. The Morgan fingerprint density at radius 2 is 2.04 bits per heavy atom. The fraction of sp³-hybridized carbons (Fsp3) is 0.211. The SMILES string of the molecule is COc1ccc([C@@H](C)NC(=O)/C=C/c2ccc3c(c2)OCO3)cc1F. The molecule has 3 rings (SSSR count). The van der Waals surface area contributed by atoms with E-state index >= 15 is 0 Å². The largest absolute Gasteiger partial charge is 0.494 e. The highest BCUT2D eigenvalue weighted by Gasteiger charge is 2.13. The van der Waals surface area contributed by atoms with E-state index in [1.807, 2.05) is 6.07 Å². The second kappa shape index (κ2) is 7.25. The lowest BCUT2D eigenvalue weighted by atomic mass is 10.1. The molecular formula is C19H18FNO4. The molecule has 1 N–H and O–H groups in total. The third-order valence-corrected chi connectivity index (χ3v) is 3.86. The molecule has 0 spiro atoms. The summed E-state index contributed by atoms with van der Waals surface area (Å²) < 4.78 is 29.2. The smallest absolute Gasteiger partial charge is 0.244 e. The van der Waals surface area contributed by atoms with E-state index in [0.29, 0.717) is 17.1 Å². The molecule has 2 aromatic rings. The van der Waals surface area contributed by atoms with Gasteiger partial charge < -0.3 is 19.5 Å². The maximum atomic E-state index is 13.8. The maximum absolute atomic E-state index is 13.8. The van der Waals surface area contributed by atoms with Crippen LogP contribution in [0.1, 0.15) is 24.1 Å². The van der Waals surface area contributed by atoms with Crippen LogP contribution >= 0.6 is 0 Å². The molecule has 0 saturated carbocycles. The van der Waals surface area contributed by atoms with Crippen LogP contribution in [0.5, 0.6) is 17.2 Å². The summed E-state index contributed by atoms with van der Waals surface area (Å²) in [5.41, 5.74) is 1.48. The van der Waals surface area contributed by atoms with Crippen molar-refractivity contribution in [2.75, 3.05) is 13.9 Å². The number of fused-ring (bicyclic) bond motifs is 1. The highest BCUT2D eigenvalue weighted by molar-refractivity contribution is 5.92. The summed E-state index contributed by atoms with van der Waals surface area (Å²) in [7, 11) is 1.41. The number of hydrogen-bond acceptors (Lipinski definition) is 4. The van der Waals surface area contributed by atoms with E-state index in [-0.39, 0.29) is 24.5 Å². The minimum atomic E-state index is -0.461. The number of hydrogen-bond donors (Lipinski definition) is 1. The number of benzene rings is 2. The Morgan fingerprint density at radius 3 is 2.80 bits per heavy atom. The number of halogens is 1. The van der Waals surface area contributed by atoms with Crippen molar-refractivity contribution in [1.29, 1.82) is 0 Å². The molecule has 0 bridgehead atoms. The molecule has 0 fully saturated rings. The molecule has 0 unspecified atom stereocenters. The lowest BCUT2D eigenvalue weighted by Gasteiger charge is -2.14. The predicted molar refractivity (Wildman–Crippen MR) is 91.1 cm³/mol. The van der Waals surface area contributed by atoms with Gasteiger partial charge in [0.05, 0.1) is 13.2 Å². The number of carbonyl (C=O) groups excluding carboxylic acids is 1. The first-order chi connectivity index (χ1) is 12.1. The topological polar surface area (TPSA) is 56.8 Å². The molecule has 25 heavy (non-hydrogen) atoms. The molecule has 0 aliphatic carbocycles. The van der Waals surface area contributed by atoms with Crippen LogP contribution in [0.3, 0.4) is 0 Å². The lowest BCUT2D eigenvalue weighted by molar-refractivity contribution is -0.117. The van der Waals surface area contributed by atoms with Gasteiger partial charge in [0, 0.05) is 6.08 Å². The zero-order valence-corrected chi connectivity index (χ0v) is 13.9. The third-order valence-electron chi connectivity index (χ3n) is 3.86. The van der Waals surface area contributed by atoms with Gasteiger partial charge in [0.25, 0.3) is 0 Å². The van der Waals surface area contributed by atoms with Crippen LogP contribution < -0.4 is 19.5 Å². The third kappa shape index (κ3) is 3.91. The molecule has 0 saturated heterocycles. The van der Waals surface area contributed by atoms with Crippen LogP contribution in [0, 0.1) is 5.82 Å². The van der Waals surface area contributed by atoms with Crippen molar-refractivity contribution in [3.63, 3.8) is 0 Å². The fourth-order valence-corrected chi connectivity index (χ4v) is 2.49. The van der Waals surface area contributed by atoms with Crippen molar-refractivity contribution in [1.82, 2.24) is 5.32 Å². The van der Waals surface area contributed by atoms with E-state index in [1.165, 1.54) is 25.3 Å². The summed E-state index contributed by atoms with van der Waals surface area (Å²) in [5, 5.41) is 2.79. The summed E-state index contributed by atoms with van der Waals surface area (Å²) in [6.45, 7) is 1.99. The van der Waals surface area contributed by atoms with Gasteiger partial charge in [-0.3, -0.25) is 4.79 Å². The molecule has 0 aromatic heterocycles. The van der Waals surface area contributed by atoms with Gasteiger partial charge in [-0.05, 0) is 48.4 Å². The summed E-state index contributed by atoms with van der Waals surface area (Å²) in [4.78, 5) is 12.1. The van der Waals surface area contributed by atoms with Crippen molar-refractivity contribution < 1.29 is 23.4 Å². The minimum absolute atomic E-state index is 0.171. The van der Waals surface area contributed by atoms with Gasteiger partial charge in [0.1, 0.15) is 0 Å². The summed E-state index contributed by atoms with van der Waals surface area (Å²) in [6, 6.07) is 9.70. The van der Waals surface area contributed by atoms with Crippen molar-refractivity contribution >= 4 is 12.0 Å². The van der Waals surface area contributed by atoms with Crippen LogP contribution in [-0.4, -0.2) is 19.8 Å². The second-order valence-electron chi connectivity index (χ2n) is 5.57. The van der Waals surface area contributed by atoms with Crippen LogP contribution in [0.15, 0.2) is 42.5 Å². The molecule has 1 amide bonds. The molecule has 1 heterocycles. The Kier molecular flexibility index (Phi) is 4.88. The average Bonchev–Trinajstić information content (AvgIpc) is 3.07. The van der Waals surface area contributed by atoms with E-state index in [4.69, 9.17) is 14.2 Å². The van der Waals surface area contributed by atoms with Crippen molar-refractivity contribution in [3.05, 3.63) is 59.4 Å². The molecule has 6 heteroatoms. The van der Waals surface area contributed by atoms with Crippen LogP contribution in [-0.2, 0) is 4.79 Å². The Balaban J connectivity index is 1.62. The van der Waals surface area contributed by atoms with E-state index in [9.17, 15) is 9.18 Å². The second-order valence-corrected chi connectivity index (χ2v) is 5.57. The van der Waals surface area contributed by atoms with Crippen LogP contribution in [0.4, 0.5) is 4.39 Å². The predicted octanol–water partition coefficient (Wildman–Crippen LogP) is 3.45. The molecule has 0 radical (unpaired) electrons. The first kappa shape index (κ1) is 16.8. The van der Waals surface area contributed by atoms with E-state index in [1.54, 1.807) is 31.2 Å². The number of ether oxygens (including phenoxy) is 3. The van der Waals surface area contributed by atoms with Gasteiger partial charge >= 0.3 is 0 Å². The maximum Gasteiger partial charge on any atom is 0.244 e. The number of methoxy groups -OCH3 is 1. The minimum Gasteiger partial charge on any atom is -0.494 e. The number of amides is 1. The monoisotopic (exact) mass is 343 g/mol. The zero-order valence-electron chi connectivity index (χ0n) is 13.9. The first-order valence-electron chi connectivity index (χ1n) is 7.78. The lowest BCUT2D eigenvalue weighted by Crippen LogP contribution is -2.24. The first-order valence-corrected chi connectivity index (χ1v) is 7.78. The van der Waals surface area contributed by atoms with Gasteiger partial charge in [-0.15, -0.1) is 0 Å². The molecule has 1 aliphatic heterocycles. The van der Waals surface area contributed by atoms with Gasteiger partial charge in [-0.1, -0.05) is 12.1 Å². The van der Waals surface area contributed by atoms with E-state index in [0.717, 1.165) is 5.56 Å². The van der Waals surface area contributed by atoms with E-state index < -0.39 is 5.82 Å². The van der Waals surface area contributed by atoms with Crippen molar-refractivity contribution in [3.8, 4) is 17.2 Å². The fourth-order valence-electron chi connectivity index (χ4n) is 2.49. The Labute approximate surface area is 145 Å². The highest BCUT2D eigenvalue weighted by Crippen LogP contribution is 2.32. The standard InChI is InChI=1S/C19H18FNO4/c1-12(14-5-7-16(23-2)15(20)10-14)21-19(22)8-4-13-3-6-17-18(9-13)25-11-24-17/h3-10,12H,11H2,1-2H3,(H,21,22)/b8-4+/t12-/m1/s1. The number of carbonyl (C=O) groups is 1. The molecule has 1 aliphatic rings. The quantitative estimate of drug-likeness (QED) is 0.845. The van der Waals surface area contributed by atoms with Gasteiger partial charge in [0.2, 0.25) is 12.7 Å². The zero-order chi connectivity index (χ0) is 17.8. The molecule has 1 atom stereocenters. The van der Waals surface area contributed by atoms with Crippen molar-refractivity contribution in [2.45, 2.75) is 13.0 Å². The number of nitrogens with one attached hydrogen (secondary N) is 1. The Morgan fingerprint density at radius 1 is 1.24 bits per heavy atom. The Bertz CT molecular complexity index is 819. The molecule has 5 nitrogen and oxygen atoms in total. The Hall–Kier alpha value is -3.02. The highest BCUT2D eigenvalue weighted by atomic mass is 19.1. The molecule has 2 aromatic carbocycles. The average molecular weight is 343 g/mol. The van der Waals surface area contributed by atoms with Crippen LogP contribution in [0.25, 0.3) is 6.08 Å². The van der Waals surface area contributed by atoms with Crippen LogP contribution in [0.2, 0.25) is 0 Å². The van der Waals surface area contributed by atoms with E-state index in [2.05, 4.69) is 5.32 Å². The van der Waals surface area contributed by atoms with Gasteiger partial charge in [0.15, 0.2) is 23.1 Å². The van der Waals surface area contributed by atoms with Gasteiger partial charge in [-0.2, -0.15) is 0 Å². The molecular weight excluding hydrogens is 325 g/mol. The summed E-state index contributed by atoms with van der Waals surface area (Å²) >= 11 is 0. The normalized spacial score (nSPS) is 13.7. The van der Waals surface area contributed by atoms with Gasteiger partial charge in [-0.25, -0.2) is 4.39 Å². The van der Waals surface area contributed by atoms with Crippen molar-refractivity contribution in [2.24, 2.45) is 0 Å². The summed E-state index contributed by atoms with van der Waals surface area (Å²) in [5.74, 6) is 0.782.